The van der Waals surface area contributed by atoms with E-state index in [-0.39, 0.29) is 0 Å². The Kier molecular flexibility index (Phi) is 3.80. The van der Waals surface area contributed by atoms with Crippen molar-refractivity contribution < 1.29 is 4.74 Å². The lowest BCUT2D eigenvalue weighted by atomic mass is 10.2. The zero-order valence-corrected chi connectivity index (χ0v) is 11.8. The highest BCUT2D eigenvalue weighted by Gasteiger charge is 2.21. The molecule has 0 radical (unpaired) electrons. The van der Waals surface area contributed by atoms with Crippen LogP contribution < -0.4 is 0 Å². The first-order chi connectivity index (χ1) is 9.33. The Hall–Kier alpha value is -1.39. The molecule has 0 atom stereocenters. The monoisotopic (exact) mass is 292 g/mol. The lowest BCUT2D eigenvalue weighted by Crippen LogP contribution is -2.34. The van der Waals surface area contributed by atoms with Crippen LogP contribution in [0.5, 0.6) is 0 Å². The second kappa shape index (κ2) is 5.72. The Bertz CT molecular complexity index is 568. The van der Waals surface area contributed by atoms with Gasteiger partial charge in [-0.3, -0.25) is 0 Å². The molecule has 2 aliphatic heterocycles. The maximum atomic E-state index is 5.96. The minimum atomic E-state index is 0.498. The third kappa shape index (κ3) is 2.96. The highest BCUT2D eigenvalue weighted by molar-refractivity contribution is 7.98. The van der Waals surface area contributed by atoms with E-state index >= 15 is 0 Å². The lowest BCUT2D eigenvalue weighted by molar-refractivity contribution is 0.212. The summed E-state index contributed by atoms with van der Waals surface area (Å²) in [4.78, 5) is 2.11. The quantitative estimate of drug-likeness (QED) is 0.795. The molecule has 0 aromatic heterocycles. The summed E-state index contributed by atoms with van der Waals surface area (Å²) in [6.07, 6.45) is 5.97. The van der Waals surface area contributed by atoms with E-state index in [0.29, 0.717) is 6.61 Å². The molecule has 0 saturated carbocycles. The molecule has 0 amide bonds. The predicted molar refractivity (Wildman–Crippen MR) is 80.1 cm³/mol. The van der Waals surface area contributed by atoms with Gasteiger partial charge in [-0.15, -0.1) is 0 Å². The molecule has 2 heterocycles. The van der Waals surface area contributed by atoms with Gasteiger partial charge < -0.3 is 9.64 Å². The van der Waals surface area contributed by atoms with Crippen molar-refractivity contribution in [2.45, 2.75) is 6.61 Å². The first kappa shape index (κ1) is 12.6. The zero-order chi connectivity index (χ0) is 13.1. The second-order valence-corrected chi connectivity index (χ2v) is 5.52. The maximum Gasteiger partial charge on any atom is 0.183 e. The van der Waals surface area contributed by atoms with Gasteiger partial charge >= 0.3 is 0 Å². The summed E-state index contributed by atoms with van der Waals surface area (Å²) in [7, 11) is 0. The molecule has 19 heavy (non-hydrogen) atoms. The number of rotatable bonds is 3. The normalized spacial score (nSPS) is 17.6. The Balaban J connectivity index is 1.71. The molecule has 3 rings (SSSR count). The van der Waals surface area contributed by atoms with Crippen molar-refractivity contribution in [1.29, 1.82) is 0 Å². The van der Waals surface area contributed by atoms with Gasteiger partial charge in [0.15, 0.2) is 11.6 Å². The smallest absolute Gasteiger partial charge is 0.183 e. The van der Waals surface area contributed by atoms with Crippen LogP contribution in [0.4, 0.5) is 0 Å². The topological polar surface area (TPSA) is 24.8 Å². The minimum Gasteiger partial charge on any atom is -0.485 e. The molecule has 0 spiro atoms. The number of hydrogen-bond donors (Lipinski definition) is 0. The molecule has 0 unspecified atom stereocenters. The largest absolute Gasteiger partial charge is 0.485 e. The van der Waals surface area contributed by atoms with Crippen molar-refractivity contribution in [2.75, 3.05) is 12.3 Å². The maximum absolute atomic E-state index is 5.96. The van der Waals surface area contributed by atoms with Crippen LogP contribution in [0.3, 0.4) is 0 Å². The van der Waals surface area contributed by atoms with Crippen LogP contribution in [0.25, 0.3) is 0 Å². The third-order valence-corrected chi connectivity index (χ3v) is 3.77. The van der Waals surface area contributed by atoms with E-state index in [9.17, 15) is 0 Å². The summed E-state index contributed by atoms with van der Waals surface area (Å²) in [5.74, 6) is 2.73. The molecular weight excluding hydrogens is 280 g/mol. The number of amidine groups is 1. The van der Waals surface area contributed by atoms with Crippen LogP contribution in [-0.4, -0.2) is 23.0 Å². The number of halogens is 1. The fourth-order valence-corrected chi connectivity index (χ4v) is 2.84. The van der Waals surface area contributed by atoms with Gasteiger partial charge in [-0.2, -0.15) is 4.40 Å². The van der Waals surface area contributed by atoms with Crippen molar-refractivity contribution >= 4 is 29.4 Å². The number of allylic oxidation sites excluding steroid dienone is 2. The summed E-state index contributed by atoms with van der Waals surface area (Å²) in [5.41, 5.74) is 1.05. The van der Waals surface area contributed by atoms with Crippen molar-refractivity contribution in [3.63, 3.8) is 0 Å². The van der Waals surface area contributed by atoms with Crippen LogP contribution in [0, 0.1) is 0 Å². The van der Waals surface area contributed by atoms with E-state index in [2.05, 4.69) is 9.30 Å². The summed E-state index contributed by atoms with van der Waals surface area (Å²) in [6, 6.07) is 7.70. The SMILES string of the molecule is Clc1cccc(COC2=CC=CN3CCSN=C23)c1. The molecule has 2 aliphatic rings. The van der Waals surface area contributed by atoms with E-state index in [0.717, 1.165) is 34.5 Å². The first-order valence-corrected chi connectivity index (χ1v) is 7.38. The third-order valence-electron chi connectivity index (χ3n) is 2.86. The van der Waals surface area contributed by atoms with Crippen molar-refractivity contribution in [3.05, 3.63) is 59.0 Å². The van der Waals surface area contributed by atoms with Crippen LogP contribution in [0.2, 0.25) is 5.02 Å². The van der Waals surface area contributed by atoms with E-state index in [4.69, 9.17) is 16.3 Å². The average Bonchev–Trinajstić information content (AvgIpc) is 2.45. The number of ether oxygens (including phenoxy) is 1. The average molecular weight is 293 g/mol. The Morgan fingerprint density at radius 1 is 1.42 bits per heavy atom. The van der Waals surface area contributed by atoms with Gasteiger partial charge in [0.05, 0.1) is 0 Å². The van der Waals surface area contributed by atoms with Crippen LogP contribution in [0.15, 0.2) is 52.8 Å². The molecule has 0 aliphatic carbocycles. The van der Waals surface area contributed by atoms with Crippen molar-refractivity contribution in [3.8, 4) is 0 Å². The number of nitrogens with zero attached hydrogens (tertiary/aromatic N) is 2. The molecule has 0 N–H and O–H groups in total. The van der Waals surface area contributed by atoms with Crippen molar-refractivity contribution in [2.24, 2.45) is 4.40 Å². The molecule has 0 bridgehead atoms. The highest BCUT2D eigenvalue weighted by atomic mass is 35.5. The van der Waals surface area contributed by atoms with Gasteiger partial charge in [0.2, 0.25) is 0 Å². The van der Waals surface area contributed by atoms with Gasteiger partial charge in [0.1, 0.15) is 6.61 Å². The van der Waals surface area contributed by atoms with E-state index in [1.807, 2.05) is 42.6 Å². The molecule has 0 saturated heterocycles. The van der Waals surface area contributed by atoms with Crippen molar-refractivity contribution in [1.82, 2.24) is 4.90 Å². The van der Waals surface area contributed by atoms with Gasteiger partial charge in [-0.25, -0.2) is 0 Å². The van der Waals surface area contributed by atoms with Crippen LogP contribution >= 0.6 is 23.5 Å². The van der Waals surface area contributed by atoms with Crippen LogP contribution in [0.1, 0.15) is 5.56 Å². The standard InChI is InChI=1S/C14H13ClN2OS/c15-12-4-1-3-11(9-12)10-18-13-5-2-6-17-7-8-19-16-14(13)17/h1-6,9H,7-8,10H2. The Morgan fingerprint density at radius 3 is 3.26 bits per heavy atom. The van der Waals surface area contributed by atoms with Gasteiger partial charge in [-0.05, 0) is 41.8 Å². The fourth-order valence-electron chi connectivity index (χ4n) is 1.95. The Morgan fingerprint density at radius 2 is 2.37 bits per heavy atom. The second-order valence-electron chi connectivity index (χ2n) is 4.23. The molecule has 1 aromatic rings. The summed E-state index contributed by atoms with van der Waals surface area (Å²) < 4.78 is 10.3. The molecule has 5 heteroatoms. The Labute approximate surface area is 121 Å². The molecule has 0 fully saturated rings. The van der Waals surface area contributed by atoms with Gasteiger partial charge in [-0.1, -0.05) is 23.7 Å². The zero-order valence-electron chi connectivity index (χ0n) is 10.3. The van der Waals surface area contributed by atoms with Gasteiger partial charge in [0.25, 0.3) is 0 Å². The molecule has 1 aromatic carbocycles. The summed E-state index contributed by atoms with van der Waals surface area (Å²) >= 11 is 7.54. The molecule has 98 valence electrons. The highest BCUT2D eigenvalue weighted by Crippen LogP contribution is 2.22. The first-order valence-electron chi connectivity index (χ1n) is 6.05. The number of hydrogen-bond acceptors (Lipinski definition) is 4. The van der Waals surface area contributed by atoms with E-state index in [1.54, 1.807) is 11.9 Å². The summed E-state index contributed by atoms with van der Waals surface area (Å²) in [6.45, 7) is 1.47. The van der Waals surface area contributed by atoms with Crippen LogP contribution in [-0.2, 0) is 11.3 Å². The molecular formula is C14H13ClN2OS. The predicted octanol–water partition coefficient (Wildman–Crippen LogP) is 3.63. The fraction of sp³-hybridized carbons (Fsp3) is 0.214. The molecule has 3 nitrogen and oxygen atoms in total. The lowest BCUT2D eigenvalue weighted by Gasteiger charge is -2.28. The van der Waals surface area contributed by atoms with Gasteiger partial charge in [0, 0.05) is 23.5 Å². The number of fused-ring (bicyclic) bond motifs is 1. The summed E-state index contributed by atoms with van der Waals surface area (Å²) in [5, 5.41) is 0.728. The minimum absolute atomic E-state index is 0.498. The van der Waals surface area contributed by atoms with E-state index < -0.39 is 0 Å². The van der Waals surface area contributed by atoms with E-state index in [1.165, 1.54) is 0 Å². The number of benzene rings is 1.